The van der Waals surface area contributed by atoms with E-state index in [9.17, 15) is 0 Å². The molecule has 0 unspecified atom stereocenters. The van der Waals surface area contributed by atoms with Crippen LogP contribution in [-0.4, -0.2) is 12.0 Å². The van der Waals surface area contributed by atoms with E-state index in [0.29, 0.717) is 5.88 Å². The molecule has 2 aromatic heterocycles. The van der Waals surface area contributed by atoms with Crippen molar-refractivity contribution in [3.63, 3.8) is 0 Å². The number of hydrogen-bond donors (Lipinski definition) is 0. The minimum atomic E-state index is 0.529. The Morgan fingerprint density at radius 3 is 2.74 bits per heavy atom. The summed E-state index contributed by atoms with van der Waals surface area (Å²) in [6, 6.07) is 6.29. The molecule has 0 aliphatic carbocycles. The van der Waals surface area contributed by atoms with Gasteiger partial charge in [-0.15, -0.1) is 22.9 Å². The molecule has 19 heavy (non-hydrogen) atoms. The zero-order valence-electron chi connectivity index (χ0n) is 11.0. The summed E-state index contributed by atoms with van der Waals surface area (Å²) < 4.78 is 1.14. The fraction of sp³-hybridized carbons (Fsp3) is 0.357. The zero-order chi connectivity index (χ0) is 13.8. The molecule has 0 saturated heterocycles. The third-order valence-electron chi connectivity index (χ3n) is 2.85. The lowest BCUT2D eigenvalue weighted by Crippen LogP contribution is -2.17. The van der Waals surface area contributed by atoms with Gasteiger partial charge in [-0.3, -0.25) is 0 Å². The van der Waals surface area contributed by atoms with Crippen molar-refractivity contribution in [1.29, 1.82) is 0 Å². The number of aryl methyl sites for hydroxylation is 1. The van der Waals surface area contributed by atoms with Crippen LogP contribution < -0.4 is 4.90 Å². The Morgan fingerprint density at radius 2 is 2.16 bits per heavy atom. The van der Waals surface area contributed by atoms with E-state index in [0.717, 1.165) is 34.5 Å². The number of halogens is 2. The molecule has 0 aliphatic heterocycles. The molecule has 0 radical (unpaired) electrons. The summed E-state index contributed by atoms with van der Waals surface area (Å²) in [5.41, 5.74) is 2.22. The van der Waals surface area contributed by atoms with Crippen LogP contribution in [0.2, 0.25) is 0 Å². The molecule has 0 spiro atoms. The number of hydrogen-bond acceptors (Lipinski definition) is 3. The van der Waals surface area contributed by atoms with Crippen molar-refractivity contribution < 1.29 is 0 Å². The molecule has 5 heteroatoms. The number of nitrogens with zero attached hydrogens (tertiary/aromatic N) is 2. The van der Waals surface area contributed by atoms with Crippen molar-refractivity contribution in [1.82, 2.24) is 4.98 Å². The Bertz CT molecular complexity index is 534. The second-order valence-corrected chi connectivity index (χ2v) is 6.58. The summed E-state index contributed by atoms with van der Waals surface area (Å²) in [6.45, 7) is 2.97. The summed E-state index contributed by atoms with van der Waals surface area (Å²) in [5.74, 6) is 1.51. The van der Waals surface area contributed by atoms with Crippen LogP contribution in [0, 0.1) is 0 Å². The number of pyridine rings is 1. The van der Waals surface area contributed by atoms with Gasteiger partial charge in [-0.1, -0.05) is 6.92 Å². The van der Waals surface area contributed by atoms with E-state index >= 15 is 0 Å². The van der Waals surface area contributed by atoms with Crippen molar-refractivity contribution >= 4 is 44.7 Å². The first kappa shape index (κ1) is 14.8. The van der Waals surface area contributed by atoms with Crippen LogP contribution in [-0.2, 0) is 18.8 Å². The lowest BCUT2D eigenvalue weighted by molar-refractivity contribution is 0.891. The topological polar surface area (TPSA) is 16.1 Å². The molecule has 0 aromatic carbocycles. The lowest BCUT2D eigenvalue weighted by atomic mass is 10.2. The van der Waals surface area contributed by atoms with E-state index in [1.165, 1.54) is 4.88 Å². The van der Waals surface area contributed by atoms with Gasteiger partial charge in [0.25, 0.3) is 0 Å². The molecule has 0 aliphatic rings. The van der Waals surface area contributed by atoms with E-state index in [2.05, 4.69) is 63.4 Å². The maximum Gasteiger partial charge on any atom is 0.129 e. The first-order valence-corrected chi connectivity index (χ1v) is 8.33. The van der Waals surface area contributed by atoms with Gasteiger partial charge in [0, 0.05) is 33.4 Å². The number of anilines is 1. The highest BCUT2D eigenvalue weighted by atomic mass is 79.9. The number of thiophene rings is 1. The van der Waals surface area contributed by atoms with E-state index in [-0.39, 0.29) is 0 Å². The number of rotatable bonds is 5. The molecule has 2 nitrogen and oxygen atoms in total. The van der Waals surface area contributed by atoms with Gasteiger partial charge in [-0.05, 0) is 46.1 Å². The largest absolute Gasteiger partial charge is 0.355 e. The van der Waals surface area contributed by atoms with Gasteiger partial charge in [-0.25, -0.2) is 4.98 Å². The van der Waals surface area contributed by atoms with Crippen LogP contribution in [0.5, 0.6) is 0 Å². The third-order valence-corrected chi connectivity index (χ3v) is 4.84. The van der Waals surface area contributed by atoms with Crippen LogP contribution >= 0.6 is 38.9 Å². The first-order valence-electron chi connectivity index (χ1n) is 6.12. The highest BCUT2D eigenvalue weighted by molar-refractivity contribution is 9.10. The fourth-order valence-electron chi connectivity index (χ4n) is 1.84. The molecule has 2 rings (SSSR count). The molecular weight excluding hydrogens is 344 g/mol. The Balaban J connectivity index is 2.20. The molecule has 0 fully saturated rings. The summed E-state index contributed by atoms with van der Waals surface area (Å²) in [7, 11) is 2.06. The molecule has 0 bridgehead atoms. The molecule has 2 aromatic rings. The van der Waals surface area contributed by atoms with Gasteiger partial charge in [0.2, 0.25) is 0 Å². The Kier molecular flexibility index (Phi) is 5.25. The second-order valence-electron chi connectivity index (χ2n) is 4.40. The van der Waals surface area contributed by atoms with Crippen LogP contribution in [0.4, 0.5) is 5.82 Å². The van der Waals surface area contributed by atoms with E-state index < -0.39 is 0 Å². The average Bonchev–Trinajstić information content (AvgIpc) is 2.83. The summed E-state index contributed by atoms with van der Waals surface area (Å²) in [5, 5.41) is 2.10. The quantitative estimate of drug-likeness (QED) is 0.710. The van der Waals surface area contributed by atoms with E-state index in [1.54, 1.807) is 11.3 Å². The first-order chi connectivity index (χ1) is 9.12. The summed E-state index contributed by atoms with van der Waals surface area (Å²) in [4.78, 5) is 8.13. The minimum absolute atomic E-state index is 0.529. The molecule has 2 heterocycles. The third kappa shape index (κ3) is 3.94. The van der Waals surface area contributed by atoms with Crippen molar-refractivity contribution in [2.75, 3.05) is 11.9 Å². The van der Waals surface area contributed by atoms with Crippen LogP contribution in [0.1, 0.15) is 23.1 Å². The van der Waals surface area contributed by atoms with Crippen molar-refractivity contribution in [3.8, 4) is 0 Å². The standard InChI is InChI=1S/C14H16BrClN2S/c1-3-12-4-10(7-16)5-14(17-12)18(2)8-13-6-11(15)9-19-13/h4-6,9H,3,7-8H2,1-2H3. The Morgan fingerprint density at radius 1 is 1.37 bits per heavy atom. The Labute approximate surface area is 131 Å². The lowest BCUT2D eigenvalue weighted by Gasteiger charge is -2.19. The highest BCUT2D eigenvalue weighted by Crippen LogP contribution is 2.23. The molecule has 102 valence electrons. The van der Waals surface area contributed by atoms with Crippen molar-refractivity contribution in [2.45, 2.75) is 25.8 Å². The van der Waals surface area contributed by atoms with E-state index in [1.807, 2.05) is 0 Å². The fourth-order valence-corrected chi connectivity index (χ4v) is 3.50. The monoisotopic (exact) mass is 358 g/mol. The summed E-state index contributed by atoms with van der Waals surface area (Å²) >= 11 is 11.2. The van der Waals surface area contributed by atoms with Gasteiger partial charge >= 0.3 is 0 Å². The van der Waals surface area contributed by atoms with Gasteiger partial charge < -0.3 is 4.90 Å². The molecular formula is C14H16BrClN2S. The second kappa shape index (κ2) is 6.73. The average molecular weight is 360 g/mol. The molecule has 0 atom stereocenters. The number of aromatic nitrogens is 1. The predicted octanol–water partition coefficient (Wildman–Crippen LogP) is 4.84. The van der Waals surface area contributed by atoms with Gasteiger partial charge in [0.1, 0.15) is 5.82 Å². The maximum absolute atomic E-state index is 5.95. The van der Waals surface area contributed by atoms with Crippen molar-refractivity contribution in [2.24, 2.45) is 0 Å². The SMILES string of the molecule is CCc1cc(CCl)cc(N(C)Cc2cc(Br)cs2)n1. The van der Waals surface area contributed by atoms with Crippen LogP contribution in [0.25, 0.3) is 0 Å². The van der Waals surface area contributed by atoms with Gasteiger partial charge in [0.15, 0.2) is 0 Å². The van der Waals surface area contributed by atoms with Crippen molar-refractivity contribution in [3.05, 3.63) is 44.2 Å². The number of alkyl halides is 1. The highest BCUT2D eigenvalue weighted by Gasteiger charge is 2.08. The molecule has 0 saturated carbocycles. The normalized spacial score (nSPS) is 10.7. The van der Waals surface area contributed by atoms with Crippen LogP contribution in [0.15, 0.2) is 28.1 Å². The zero-order valence-corrected chi connectivity index (χ0v) is 14.1. The summed E-state index contributed by atoms with van der Waals surface area (Å²) in [6.07, 6.45) is 0.927. The van der Waals surface area contributed by atoms with Gasteiger partial charge in [0.05, 0.1) is 6.54 Å². The molecule has 0 amide bonds. The Hall–Kier alpha value is -0.580. The smallest absolute Gasteiger partial charge is 0.129 e. The molecule has 0 N–H and O–H groups in total. The minimum Gasteiger partial charge on any atom is -0.355 e. The maximum atomic E-state index is 5.95. The van der Waals surface area contributed by atoms with Crippen LogP contribution in [0.3, 0.4) is 0 Å². The van der Waals surface area contributed by atoms with E-state index in [4.69, 9.17) is 11.6 Å². The predicted molar refractivity (Wildman–Crippen MR) is 87.3 cm³/mol. The van der Waals surface area contributed by atoms with Gasteiger partial charge in [-0.2, -0.15) is 0 Å².